The minimum atomic E-state index is -0.468. The Kier molecular flexibility index (Phi) is 3.27. The normalized spacial score (nSPS) is 11.5. The first-order valence-electron chi connectivity index (χ1n) is 5.30. The zero-order chi connectivity index (χ0) is 12.1. The van der Waals surface area contributed by atoms with Crippen LogP contribution in [0, 0.1) is 11.3 Å². The van der Waals surface area contributed by atoms with Gasteiger partial charge in [0, 0.05) is 5.69 Å². The van der Waals surface area contributed by atoms with E-state index in [1.54, 1.807) is 18.2 Å². The van der Waals surface area contributed by atoms with Crippen molar-refractivity contribution in [2.45, 2.75) is 6.04 Å². The zero-order valence-corrected chi connectivity index (χ0v) is 9.17. The van der Waals surface area contributed by atoms with E-state index >= 15 is 0 Å². The van der Waals surface area contributed by atoms with Crippen LogP contribution in [0.15, 0.2) is 54.6 Å². The number of nitrogens with zero attached hydrogens (tertiary/aromatic N) is 1. The van der Waals surface area contributed by atoms with Crippen LogP contribution in [-0.2, 0) is 0 Å². The van der Waals surface area contributed by atoms with Crippen LogP contribution in [0.25, 0.3) is 0 Å². The first-order chi connectivity index (χ1) is 8.29. The average molecular weight is 224 g/mol. The van der Waals surface area contributed by atoms with Gasteiger partial charge in [-0.1, -0.05) is 30.3 Å². The maximum Gasteiger partial charge on any atom is 0.140 e. The van der Waals surface area contributed by atoms with Gasteiger partial charge in [0.05, 0.1) is 6.07 Å². The third-order valence-electron chi connectivity index (χ3n) is 2.42. The van der Waals surface area contributed by atoms with E-state index in [4.69, 9.17) is 5.26 Å². The summed E-state index contributed by atoms with van der Waals surface area (Å²) in [4.78, 5) is 0. The van der Waals surface area contributed by atoms with Crippen molar-refractivity contribution in [3.63, 3.8) is 0 Å². The summed E-state index contributed by atoms with van der Waals surface area (Å²) in [5.41, 5.74) is 1.62. The first kappa shape index (κ1) is 11.0. The van der Waals surface area contributed by atoms with Crippen LogP contribution in [0.4, 0.5) is 5.69 Å². The number of anilines is 1. The van der Waals surface area contributed by atoms with E-state index in [1.807, 2.05) is 36.4 Å². The Bertz CT molecular complexity index is 531. The predicted octanol–water partition coefficient (Wildman–Crippen LogP) is 3.07. The molecule has 0 unspecified atom stereocenters. The first-order valence-corrected chi connectivity index (χ1v) is 5.30. The molecule has 0 fully saturated rings. The highest BCUT2D eigenvalue weighted by Crippen LogP contribution is 2.21. The third kappa shape index (κ3) is 2.76. The molecule has 0 saturated heterocycles. The molecule has 3 nitrogen and oxygen atoms in total. The highest BCUT2D eigenvalue weighted by Gasteiger charge is 2.10. The van der Waals surface area contributed by atoms with Crippen LogP contribution in [0.1, 0.15) is 11.6 Å². The van der Waals surface area contributed by atoms with Crippen molar-refractivity contribution < 1.29 is 5.11 Å². The smallest absolute Gasteiger partial charge is 0.140 e. The zero-order valence-electron chi connectivity index (χ0n) is 9.17. The molecule has 0 amide bonds. The molecule has 3 heteroatoms. The molecule has 0 saturated carbocycles. The molecule has 0 spiro atoms. The van der Waals surface area contributed by atoms with Crippen LogP contribution in [0.5, 0.6) is 5.75 Å². The second-order valence-corrected chi connectivity index (χ2v) is 3.67. The standard InChI is InChI=1S/C14H12N2O/c15-10-14(11-5-4-8-13(17)9-11)16-12-6-2-1-3-7-12/h1-9,14,16-17H/t14-/m0/s1. The van der Waals surface area contributed by atoms with E-state index in [0.29, 0.717) is 0 Å². The summed E-state index contributed by atoms with van der Waals surface area (Å²) in [5, 5.41) is 21.6. The fraction of sp³-hybridized carbons (Fsp3) is 0.0714. The summed E-state index contributed by atoms with van der Waals surface area (Å²) >= 11 is 0. The van der Waals surface area contributed by atoms with Gasteiger partial charge in [0.25, 0.3) is 0 Å². The number of aromatic hydroxyl groups is 1. The number of nitrogens with one attached hydrogen (secondary N) is 1. The molecule has 84 valence electrons. The molecule has 0 aliphatic carbocycles. The minimum absolute atomic E-state index is 0.164. The molecule has 2 aromatic rings. The number of para-hydroxylation sites is 1. The van der Waals surface area contributed by atoms with E-state index in [0.717, 1.165) is 11.3 Å². The second-order valence-electron chi connectivity index (χ2n) is 3.67. The monoisotopic (exact) mass is 224 g/mol. The maximum atomic E-state index is 9.39. The Balaban J connectivity index is 2.21. The van der Waals surface area contributed by atoms with Gasteiger partial charge >= 0.3 is 0 Å². The van der Waals surface area contributed by atoms with Crippen molar-refractivity contribution in [3.8, 4) is 11.8 Å². The number of hydrogen-bond donors (Lipinski definition) is 2. The number of phenolic OH excluding ortho intramolecular Hbond substituents is 1. The van der Waals surface area contributed by atoms with Gasteiger partial charge in [0.15, 0.2) is 0 Å². The van der Waals surface area contributed by atoms with Gasteiger partial charge in [0.2, 0.25) is 0 Å². The summed E-state index contributed by atoms with van der Waals surface area (Å²) in [7, 11) is 0. The molecule has 0 bridgehead atoms. The highest BCUT2D eigenvalue weighted by molar-refractivity contribution is 5.47. The maximum absolute atomic E-state index is 9.39. The Hall–Kier alpha value is -2.47. The summed E-state index contributed by atoms with van der Waals surface area (Å²) in [6, 6.07) is 17.9. The van der Waals surface area contributed by atoms with Gasteiger partial charge in [-0.2, -0.15) is 5.26 Å². The SMILES string of the molecule is N#C[C@H](Nc1ccccc1)c1cccc(O)c1. The Morgan fingerprint density at radius 3 is 2.47 bits per heavy atom. The molecular weight excluding hydrogens is 212 g/mol. The van der Waals surface area contributed by atoms with E-state index in [2.05, 4.69) is 11.4 Å². The van der Waals surface area contributed by atoms with Crippen LogP contribution in [0.2, 0.25) is 0 Å². The average Bonchev–Trinajstić information content (AvgIpc) is 2.37. The number of rotatable bonds is 3. The Morgan fingerprint density at radius 2 is 1.82 bits per heavy atom. The molecule has 2 N–H and O–H groups in total. The van der Waals surface area contributed by atoms with Crippen molar-refractivity contribution in [3.05, 3.63) is 60.2 Å². The number of phenols is 1. The van der Waals surface area contributed by atoms with Gasteiger partial charge in [-0.25, -0.2) is 0 Å². The van der Waals surface area contributed by atoms with Crippen molar-refractivity contribution >= 4 is 5.69 Å². The fourth-order valence-corrected chi connectivity index (χ4v) is 1.60. The van der Waals surface area contributed by atoms with Crippen LogP contribution in [-0.4, -0.2) is 5.11 Å². The lowest BCUT2D eigenvalue weighted by molar-refractivity contribution is 0.474. The van der Waals surface area contributed by atoms with E-state index in [1.165, 1.54) is 0 Å². The van der Waals surface area contributed by atoms with Crippen molar-refractivity contribution in [1.29, 1.82) is 5.26 Å². The lowest BCUT2D eigenvalue weighted by Crippen LogP contribution is -2.08. The van der Waals surface area contributed by atoms with Crippen LogP contribution >= 0.6 is 0 Å². The van der Waals surface area contributed by atoms with Crippen LogP contribution in [0.3, 0.4) is 0 Å². The van der Waals surface area contributed by atoms with Crippen LogP contribution < -0.4 is 5.32 Å². The second kappa shape index (κ2) is 5.04. The van der Waals surface area contributed by atoms with Gasteiger partial charge < -0.3 is 10.4 Å². The largest absolute Gasteiger partial charge is 0.508 e. The quantitative estimate of drug-likeness (QED) is 0.842. The lowest BCUT2D eigenvalue weighted by Gasteiger charge is -2.13. The summed E-state index contributed by atoms with van der Waals surface area (Å²) in [6.07, 6.45) is 0. The molecule has 1 atom stereocenters. The lowest BCUT2D eigenvalue weighted by atomic mass is 10.1. The van der Waals surface area contributed by atoms with E-state index < -0.39 is 6.04 Å². The third-order valence-corrected chi connectivity index (χ3v) is 2.42. The molecule has 17 heavy (non-hydrogen) atoms. The molecule has 0 aliphatic rings. The molecule has 0 aliphatic heterocycles. The number of benzene rings is 2. The molecule has 0 radical (unpaired) electrons. The minimum Gasteiger partial charge on any atom is -0.508 e. The van der Waals surface area contributed by atoms with Gasteiger partial charge in [-0.15, -0.1) is 0 Å². The summed E-state index contributed by atoms with van der Waals surface area (Å²) in [5.74, 6) is 0.164. The van der Waals surface area contributed by atoms with Crippen molar-refractivity contribution in [2.24, 2.45) is 0 Å². The van der Waals surface area contributed by atoms with Crippen molar-refractivity contribution in [1.82, 2.24) is 0 Å². The van der Waals surface area contributed by atoms with Crippen molar-refractivity contribution in [2.75, 3.05) is 5.32 Å². The van der Waals surface area contributed by atoms with Gasteiger partial charge in [-0.3, -0.25) is 0 Å². The number of hydrogen-bond acceptors (Lipinski definition) is 3. The Labute approximate surface area is 100.0 Å². The summed E-state index contributed by atoms with van der Waals surface area (Å²) < 4.78 is 0. The Morgan fingerprint density at radius 1 is 1.06 bits per heavy atom. The highest BCUT2D eigenvalue weighted by atomic mass is 16.3. The number of nitriles is 1. The van der Waals surface area contributed by atoms with Gasteiger partial charge in [-0.05, 0) is 29.8 Å². The van der Waals surface area contributed by atoms with Gasteiger partial charge in [0.1, 0.15) is 11.8 Å². The predicted molar refractivity (Wildman–Crippen MR) is 66.5 cm³/mol. The fourth-order valence-electron chi connectivity index (χ4n) is 1.60. The van der Waals surface area contributed by atoms with E-state index in [9.17, 15) is 5.11 Å². The molecule has 2 rings (SSSR count). The molecular formula is C14H12N2O. The molecule has 0 heterocycles. The molecule has 0 aromatic heterocycles. The molecule has 2 aromatic carbocycles. The van der Waals surface area contributed by atoms with E-state index in [-0.39, 0.29) is 5.75 Å². The topological polar surface area (TPSA) is 56.0 Å². The summed E-state index contributed by atoms with van der Waals surface area (Å²) in [6.45, 7) is 0.